The lowest BCUT2D eigenvalue weighted by Crippen LogP contribution is -2.31. The van der Waals surface area contributed by atoms with Gasteiger partial charge in [0.05, 0.1) is 0 Å². The van der Waals surface area contributed by atoms with Gasteiger partial charge in [-0.15, -0.1) is 0 Å². The predicted molar refractivity (Wildman–Crippen MR) is 81.5 cm³/mol. The van der Waals surface area contributed by atoms with E-state index in [9.17, 15) is 9.59 Å². The number of carboxylic acid groups (broad SMARTS) is 1. The topological polar surface area (TPSA) is 82.5 Å². The number of carbonyl (C=O) groups is 2. The highest BCUT2D eigenvalue weighted by molar-refractivity contribution is 5.93. The minimum Gasteiger partial charge on any atom is -0.481 e. The normalized spacial score (nSPS) is 10.2. The Morgan fingerprint density at radius 3 is 2.62 bits per heavy atom. The molecular weight excluding hydrogens is 270 g/mol. The SMILES string of the molecule is CCN(CC)C(=O)c1cc(NCCCCC(=O)O)ccn1. The number of anilines is 1. The Kier molecular flexibility index (Phi) is 7.21. The molecule has 1 aromatic heterocycles. The molecule has 1 rings (SSSR count). The maximum absolute atomic E-state index is 12.2. The van der Waals surface area contributed by atoms with Crippen LogP contribution in [0.1, 0.15) is 43.6 Å². The average Bonchev–Trinajstić information content (AvgIpc) is 2.48. The van der Waals surface area contributed by atoms with Crippen molar-refractivity contribution in [2.24, 2.45) is 0 Å². The molecule has 0 fully saturated rings. The van der Waals surface area contributed by atoms with E-state index < -0.39 is 5.97 Å². The summed E-state index contributed by atoms with van der Waals surface area (Å²) in [5.41, 5.74) is 1.25. The molecule has 0 spiro atoms. The van der Waals surface area contributed by atoms with Gasteiger partial charge < -0.3 is 15.3 Å². The minimum absolute atomic E-state index is 0.0745. The van der Waals surface area contributed by atoms with Crippen molar-refractivity contribution >= 4 is 17.6 Å². The molecule has 0 aromatic carbocycles. The molecule has 21 heavy (non-hydrogen) atoms. The van der Waals surface area contributed by atoms with Crippen LogP contribution in [0.25, 0.3) is 0 Å². The Morgan fingerprint density at radius 2 is 2.00 bits per heavy atom. The molecular formula is C15H23N3O3. The number of carboxylic acids is 1. The van der Waals surface area contributed by atoms with Crippen molar-refractivity contribution in [3.63, 3.8) is 0 Å². The average molecular weight is 293 g/mol. The van der Waals surface area contributed by atoms with Gasteiger partial charge in [-0.3, -0.25) is 14.6 Å². The molecule has 0 unspecified atom stereocenters. The highest BCUT2D eigenvalue weighted by Crippen LogP contribution is 2.10. The fraction of sp³-hybridized carbons (Fsp3) is 0.533. The molecule has 0 atom stereocenters. The van der Waals surface area contributed by atoms with Crippen molar-refractivity contribution in [2.75, 3.05) is 25.0 Å². The molecule has 1 amide bonds. The molecule has 0 aliphatic heterocycles. The van der Waals surface area contributed by atoms with Crippen molar-refractivity contribution in [1.29, 1.82) is 0 Å². The molecule has 0 aliphatic carbocycles. The maximum Gasteiger partial charge on any atom is 0.303 e. The largest absolute Gasteiger partial charge is 0.481 e. The number of hydrogen-bond acceptors (Lipinski definition) is 4. The first-order chi connectivity index (χ1) is 10.1. The Hall–Kier alpha value is -2.11. The number of hydrogen-bond donors (Lipinski definition) is 2. The zero-order chi connectivity index (χ0) is 15.7. The number of amides is 1. The Labute approximate surface area is 125 Å². The summed E-state index contributed by atoms with van der Waals surface area (Å²) in [6, 6.07) is 3.54. The van der Waals surface area contributed by atoms with Crippen molar-refractivity contribution in [1.82, 2.24) is 9.88 Å². The fourth-order valence-electron chi connectivity index (χ4n) is 1.96. The van der Waals surface area contributed by atoms with E-state index >= 15 is 0 Å². The monoisotopic (exact) mass is 293 g/mol. The lowest BCUT2D eigenvalue weighted by Gasteiger charge is -2.18. The third-order valence-corrected chi connectivity index (χ3v) is 3.18. The molecule has 116 valence electrons. The van der Waals surface area contributed by atoms with Gasteiger partial charge in [-0.2, -0.15) is 0 Å². The van der Waals surface area contributed by atoms with E-state index in [-0.39, 0.29) is 12.3 Å². The fourth-order valence-corrected chi connectivity index (χ4v) is 1.96. The van der Waals surface area contributed by atoms with Gasteiger partial charge in [-0.25, -0.2) is 0 Å². The summed E-state index contributed by atoms with van der Waals surface area (Å²) in [5, 5.41) is 11.7. The van der Waals surface area contributed by atoms with Crippen LogP contribution in [-0.4, -0.2) is 46.5 Å². The highest BCUT2D eigenvalue weighted by atomic mass is 16.4. The van der Waals surface area contributed by atoms with E-state index in [2.05, 4.69) is 10.3 Å². The van der Waals surface area contributed by atoms with Crippen LogP contribution in [0.4, 0.5) is 5.69 Å². The Balaban J connectivity index is 2.52. The lowest BCUT2D eigenvalue weighted by molar-refractivity contribution is -0.137. The van der Waals surface area contributed by atoms with Crippen LogP contribution in [0.15, 0.2) is 18.3 Å². The number of pyridine rings is 1. The van der Waals surface area contributed by atoms with Crippen LogP contribution in [0.5, 0.6) is 0 Å². The highest BCUT2D eigenvalue weighted by Gasteiger charge is 2.13. The van der Waals surface area contributed by atoms with Crippen LogP contribution >= 0.6 is 0 Å². The Bertz CT molecular complexity index is 473. The van der Waals surface area contributed by atoms with Gasteiger partial charge in [0, 0.05) is 37.9 Å². The number of aliphatic carboxylic acids is 1. The van der Waals surface area contributed by atoms with Gasteiger partial charge in [-0.05, 0) is 38.8 Å². The van der Waals surface area contributed by atoms with Gasteiger partial charge in [-0.1, -0.05) is 0 Å². The molecule has 6 nitrogen and oxygen atoms in total. The van der Waals surface area contributed by atoms with Gasteiger partial charge in [0.25, 0.3) is 5.91 Å². The summed E-state index contributed by atoms with van der Waals surface area (Å²) in [7, 11) is 0. The zero-order valence-corrected chi connectivity index (χ0v) is 12.6. The second-order valence-corrected chi connectivity index (χ2v) is 4.68. The van der Waals surface area contributed by atoms with Gasteiger partial charge in [0.2, 0.25) is 0 Å². The second-order valence-electron chi connectivity index (χ2n) is 4.68. The van der Waals surface area contributed by atoms with E-state index in [1.165, 1.54) is 0 Å². The summed E-state index contributed by atoms with van der Waals surface area (Å²) < 4.78 is 0. The van der Waals surface area contributed by atoms with Gasteiger partial charge in [0.15, 0.2) is 0 Å². The number of aromatic nitrogens is 1. The molecule has 1 heterocycles. The summed E-state index contributed by atoms with van der Waals surface area (Å²) in [5.74, 6) is -0.847. The molecule has 1 aromatic rings. The smallest absolute Gasteiger partial charge is 0.303 e. The first-order valence-corrected chi connectivity index (χ1v) is 7.29. The molecule has 0 bridgehead atoms. The number of nitrogens with zero attached hydrogens (tertiary/aromatic N) is 2. The van der Waals surface area contributed by atoms with Crippen molar-refractivity contribution in [3.05, 3.63) is 24.0 Å². The Morgan fingerprint density at radius 1 is 1.29 bits per heavy atom. The predicted octanol–water partition coefficient (Wildman–Crippen LogP) is 2.23. The summed E-state index contributed by atoms with van der Waals surface area (Å²) in [6.45, 7) is 5.86. The molecule has 0 radical (unpaired) electrons. The molecule has 0 saturated carbocycles. The van der Waals surface area contributed by atoms with E-state index in [0.29, 0.717) is 31.7 Å². The minimum atomic E-state index is -0.772. The number of nitrogens with one attached hydrogen (secondary N) is 1. The quantitative estimate of drug-likeness (QED) is 0.682. The van der Waals surface area contributed by atoms with E-state index in [0.717, 1.165) is 12.1 Å². The van der Waals surface area contributed by atoms with E-state index in [1.54, 1.807) is 23.2 Å². The van der Waals surface area contributed by atoms with Crippen LogP contribution < -0.4 is 5.32 Å². The molecule has 0 aliphatic rings. The van der Waals surface area contributed by atoms with Crippen LogP contribution in [0, 0.1) is 0 Å². The lowest BCUT2D eigenvalue weighted by atomic mass is 10.2. The summed E-state index contributed by atoms with van der Waals surface area (Å²) in [4.78, 5) is 28.4. The molecule has 2 N–H and O–H groups in total. The standard InChI is InChI=1S/C15H23N3O3/c1-3-18(4-2)15(21)13-11-12(8-10-17-13)16-9-6-5-7-14(19)20/h8,10-11H,3-7,9H2,1-2H3,(H,16,17)(H,19,20). The number of unbranched alkanes of at least 4 members (excludes halogenated alkanes) is 1. The van der Waals surface area contributed by atoms with Gasteiger partial charge >= 0.3 is 5.97 Å². The van der Waals surface area contributed by atoms with Crippen molar-refractivity contribution in [2.45, 2.75) is 33.1 Å². The molecule has 6 heteroatoms. The third kappa shape index (κ3) is 5.81. The van der Waals surface area contributed by atoms with E-state index in [4.69, 9.17) is 5.11 Å². The summed E-state index contributed by atoms with van der Waals surface area (Å²) >= 11 is 0. The second kappa shape index (κ2) is 8.94. The number of carbonyl (C=O) groups excluding carboxylic acids is 1. The first kappa shape index (κ1) is 16.9. The maximum atomic E-state index is 12.2. The first-order valence-electron chi connectivity index (χ1n) is 7.29. The van der Waals surface area contributed by atoms with Gasteiger partial charge in [0.1, 0.15) is 5.69 Å². The third-order valence-electron chi connectivity index (χ3n) is 3.18. The van der Waals surface area contributed by atoms with Crippen LogP contribution in [-0.2, 0) is 4.79 Å². The zero-order valence-electron chi connectivity index (χ0n) is 12.6. The van der Waals surface area contributed by atoms with E-state index in [1.807, 2.05) is 13.8 Å². The summed E-state index contributed by atoms with van der Waals surface area (Å²) in [6.07, 6.45) is 3.20. The van der Waals surface area contributed by atoms with Crippen molar-refractivity contribution in [3.8, 4) is 0 Å². The van der Waals surface area contributed by atoms with Crippen molar-refractivity contribution < 1.29 is 14.7 Å². The molecule has 0 saturated heterocycles. The van der Waals surface area contributed by atoms with Crippen LogP contribution in [0.2, 0.25) is 0 Å². The van der Waals surface area contributed by atoms with Crippen LogP contribution in [0.3, 0.4) is 0 Å². The number of rotatable bonds is 9.